The third kappa shape index (κ3) is 6.87. The van der Waals surface area contributed by atoms with E-state index in [9.17, 15) is 23.3 Å². The third-order valence-electron chi connectivity index (χ3n) is 4.04. The molecule has 0 bridgehead atoms. The number of nitrogens with zero attached hydrogens (tertiary/aromatic N) is 1. The lowest BCUT2D eigenvalue weighted by Crippen LogP contribution is -2.31. The van der Waals surface area contributed by atoms with Gasteiger partial charge in [0.1, 0.15) is 0 Å². The highest BCUT2D eigenvalue weighted by Gasteiger charge is 2.17. The fraction of sp³-hybridized carbons (Fsp3) is 0.533. The lowest BCUT2D eigenvalue weighted by Gasteiger charge is -2.10. The number of hydrogen-bond acceptors (Lipinski definition) is 6. The van der Waals surface area contributed by atoms with Crippen LogP contribution in [-0.4, -0.2) is 45.4 Å². The van der Waals surface area contributed by atoms with E-state index in [1.165, 1.54) is 0 Å². The zero-order valence-electron chi connectivity index (χ0n) is 14.1. The summed E-state index contributed by atoms with van der Waals surface area (Å²) in [6, 6.07) is 4.57. The summed E-state index contributed by atoms with van der Waals surface area (Å²) in [5.74, 6) is 0.373. The smallest absolute Gasteiger partial charge is 0.269 e. The Balaban J connectivity index is 0.00000338. The topological polar surface area (TPSA) is 130 Å². The van der Waals surface area contributed by atoms with E-state index in [2.05, 4.69) is 15.4 Å². The Morgan fingerprint density at radius 2 is 1.96 bits per heavy atom. The van der Waals surface area contributed by atoms with Crippen LogP contribution in [0.1, 0.15) is 19.3 Å². The van der Waals surface area contributed by atoms with E-state index in [1.807, 2.05) is 0 Å². The van der Waals surface area contributed by atoms with E-state index in [4.69, 9.17) is 0 Å². The molecule has 1 aliphatic rings. The molecule has 9 nitrogen and oxygen atoms in total. The zero-order chi connectivity index (χ0) is 18.3. The van der Waals surface area contributed by atoms with Gasteiger partial charge in [-0.1, -0.05) is 0 Å². The number of nitro benzene ring substituents is 1. The molecule has 1 atom stereocenters. The van der Waals surface area contributed by atoms with E-state index in [-0.39, 0.29) is 41.9 Å². The molecule has 3 N–H and O–H groups in total. The predicted molar refractivity (Wildman–Crippen MR) is 98.8 cm³/mol. The third-order valence-corrected chi connectivity index (χ3v) is 5.52. The molecule has 1 fully saturated rings. The molecule has 0 aliphatic carbocycles. The van der Waals surface area contributed by atoms with Gasteiger partial charge in [-0.2, -0.15) is 0 Å². The van der Waals surface area contributed by atoms with Crippen LogP contribution in [0.3, 0.4) is 0 Å². The monoisotopic (exact) mass is 406 g/mol. The Morgan fingerprint density at radius 1 is 1.27 bits per heavy atom. The number of carbonyl (C=O) groups is 1. The molecule has 1 saturated heterocycles. The molecule has 2 rings (SSSR count). The van der Waals surface area contributed by atoms with Crippen LogP contribution in [-0.2, 0) is 14.8 Å². The van der Waals surface area contributed by atoms with E-state index >= 15 is 0 Å². The molecular weight excluding hydrogens is 384 g/mol. The summed E-state index contributed by atoms with van der Waals surface area (Å²) < 4.78 is 26.4. The van der Waals surface area contributed by atoms with Gasteiger partial charge in [0.05, 0.1) is 9.82 Å². The number of hydrogen-bond donors (Lipinski definition) is 3. The first kappa shape index (κ1) is 22.3. The van der Waals surface area contributed by atoms with Gasteiger partial charge in [-0.3, -0.25) is 14.9 Å². The molecule has 1 heterocycles. The van der Waals surface area contributed by atoms with E-state index in [0.29, 0.717) is 12.5 Å². The van der Waals surface area contributed by atoms with Gasteiger partial charge in [0.2, 0.25) is 15.9 Å². The largest absolute Gasteiger partial charge is 0.356 e. The zero-order valence-corrected chi connectivity index (χ0v) is 15.8. The summed E-state index contributed by atoms with van der Waals surface area (Å²) in [4.78, 5) is 21.6. The number of nitro groups is 1. The molecule has 26 heavy (non-hydrogen) atoms. The van der Waals surface area contributed by atoms with Crippen molar-refractivity contribution in [3.8, 4) is 0 Å². The molecule has 0 saturated carbocycles. The first-order valence-electron chi connectivity index (χ1n) is 8.10. The van der Waals surface area contributed by atoms with Crippen molar-refractivity contribution in [2.45, 2.75) is 24.2 Å². The summed E-state index contributed by atoms with van der Waals surface area (Å²) in [6.45, 7) is 2.55. The maximum Gasteiger partial charge on any atom is 0.269 e. The Bertz CT molecular complexity index is 705. The number of nitrogens with one attached hydrogen (secondary N) is 3. The van der Waals surface area contributed by atoms with Gasteiger partial charge in [-0.05, 0) is 44.0 Å². The van der Waals surface area contributed by atoms with Gasteiger partial charge >= 0.3 is 0 Å². The van der Waals surface area contributed by atoms with E-state index in [1.54, 1.807) is 0 Å². The lowest BCUT2D eigenvalue weighted by molar-refractivity contribution is -0.384. The number of carbonyl (C=O) groups excluding carboxylic acids is 1. The highest BCUT2D eigenvalue weighted by atomic mass is 35.5. The summed E-state index contributed by atoms with van der Waals surface area (Å²) in [6.07, 6.45) is 2.06. The molecule has 1 aromatic carbocycles. The molecule has 11 heteroatoms. The van der Waals surface area contributed by atoms with Crippen molar-refractivity contribution >= 4 is 34.0 Å². The second-order valence-electron chi connectivity index (χ2n) is 5.90. The van der Waals surface area contributed by atoms with Gasteiger partial charge < -0.3 is 10.6 Å². The molecule has 1 unspecified atom stereocenters. The van der Waals surface area contributed by atoms with Gasteiger partial charge in [0, 0.05) is 31.6 Å². The SMILES string of the molecule is Cl.O=C(CCNS(=O)(=O)c1ccc([N+](=O)[O-])cc1)NCCC1CCNC1. The number of amides is 1. The van der Waals surface area contributed by atoms with Gasteiger partial charge in [0.25, 0.3) is 5.69 Å². The molecule has 1 aromatic rings. The normalized spacial score (nSPS) is 16.7. The molecule has 0 spiro atoms. The maximum absolute atomic E-state index is 12.1. The minimum atomic E-state index is -3.79. The second-order valence-corrected chi connectivity index (χ2v) is 7.66. The first-order valence-corrected chi connectivity index (χ1v) is 9.58. The number of rotatable bonds is 9. The average molecular weight is 407 g/mol. The number of halogens is 1. The molecule has 1 amide bonds. The summed E-state index contributed by atoms with van der Waals surface area (Å²) >= 11 is 0. The predicted octanol–water partition coefficient (Wildman–Crippen LogP) is 0.801. The number of benzene rings is 1. The van der Waals surface area contributed by atoms with Crippen LogP contribution < -0.4 is 15.4 Å². The van der Waals surface area contributed by atoms with Crippen molar-refractivity contribution in [2.75, 3.05) is 26.2 Å². The summed E-state index contributed by atoms with van der Waals surface area (Å²) in [5, 5.41) is 16.6. The van der Waals surface area contributed by atoms with Crippen molar-refractivity contribution in [1.82, 2.24) is 15.4 Å². The van der Waals surface area contributed by atoms with Crippen molar-refractivity contribution in [1.29, 1.82) is 0 Å². The van der Waals surface area contributed by atoms with Crippen LogP contribution in [0.2, 0.25) is 0 Å². The summed E-state index contributed by atoms with van der Waals surface area (Å²) in [7, 11) is -3.79. The Hall–Kier alpha value is -1.75. The van der Waals surface area contributed by atoms with Crippen molar-refractivity contribution in [3.63, 3.8) is 0 Å². The fourth-order valence-electron chi connectivity index (χ4n) is 2.59. The second kappa shape index (κ2) is 10.4. The van der Waals surface area contributed by atoms with Crippen LogP contribution in [0.25, 0.3) is 0 Å². The van der Waals surface area contributed by atoms with Gasteiger partial charge in [-0.25, -0.2) is 13.1 Å². The quantitative estimate of drug-likeness (QED) is 0.410. The van der Waals surface area contributed by atoms with Crippen LogP contribution in [0.4, 0.5) is 5.69 Å². The molecular formula is C15H23ClN4O5S. The minimum Gasteiger partial charge on any atom is -0.356 e. The Labute approximate surface area is 158 Å². The Kier molecular flexibility index (Phi) is 8.93. The minimum absolute atomic E-state index is 0. The lowest BCUT2D eigenvalue weighted by atomic mass is 10.1. The van der Waals surface area contributed by atoms with Gasteiger partial charge in [0.15, 0.2) is 0 Å². The average Bonchev–Trinajstić information content (AvgIpc) is 3.08. The number of sulfonamides is 1. The van der Waals surface area contributed by atoms with Crippen LogP contribution >= 0.6 is 12.4 Å². The van der Waals surface area contributed by atoms with Crippen molar-refractivity contribution in [2.24, 2.45) is 5.92 Å². The van der Waals surface area contributed by atoms with Crippen LogP contribution in [0.15, 0.2) is 29.2 Å². The molecule has 0 aromatic heterocycles. The highest BCUT2D eigenvalue weighted by molar-refractivity contribution is 7.89. The molecule has 0 radical (unpaired) electrons. The molecule has 146 valence electrons. The molecule has 1 aliphatic heterocycles. The van der Waals surface area contributed by atoms with Crippen LogP contribution in [0, 0.1) is 16.0 Å². The summed E-state index contributed by atoms with van der Waals surface area (Å²) in [5.41, 5.74) is -0.184. The van der Waals surface area contributed by atoms with Crippen molar-refractivity contribution < 1.29 is 18.1 Å². The van der Waals surface area contributed by atoms with Crippen molar-refractivity contribution in [3.05, 3.63) is 34.4 Å². The van der Waals surface area contributed by atoms with E-state index in [0.717, 1.165) is 50.2 Å². The first-order chi connectivity index (χ1) is 11.9. The van der Waals surface area contributed by atoms with Crippen LogP contribution in [0.5, 0.6) is 0 Å². The Morgan fingerprint density at radius 3 is 2.54 bits per heavy atom. The fourth-order valence-corrected chi connectivity index (χ4v) is 3.63. The number of non-ortho nitro benzene ring substituents is 1. The standard InChI is InChI=1S/C15H22N4O5S.ClH/c20-15(17-9-6-12-5-8-16-11-12)7-10-18-25(23,24)14-3-1-13(2-4-14)19(21)22;/h1-4,12,16,18H,5-11H2,(H,17,20);1H. The highest BCUT2D eigenvalue weighted by Crippen LogP contribution is 2.15. The van der Waals surface area contributed by atoms with Gasteiger partial charge in [-0.15, -0.1) is 12.4 Å². The van der Waals surface area contributed by atoms with E-state index < -0.39 is 14.9 Å². The maximum atomic E-state index is 12.1.